The second kappa shape index (κ2) is 8.74. The Kier molecular flexibility index (Phi) is 6.13. The molecular formula is C21H21N3O4S. The highest BCUT2D eigenvalue weighted by atomic mass is 32.1. The highest BCUT2D eigenvalue weighted by Crippen LogP contribution is 2.26. The second-order valence-corrected chi connectivity index (χ2v) is 7.14. The molecule has 0 atom stereocenters. The number of aromatic nitrogens is 1. The fraction of sp³-hybridized carbons (Fsp3) is 0.190. The molecule has 29 heavy (non-hydrogen) atoms. The van der Waals surface area contributed by atoms with Gasteiger partial charge in [-0.25, -0.2) is 0 Å². The summed E-state index contributed by atoms with van der Waals surface area (Å²) < 4.78 is 13.3. The Morgan fingerprint density at radius 1 is 1.21 bits per heavy atom. The van der Waals surface area contributed by atoms with Gasteiger partial charge in [0.15, 0.2) is 4.80 Å². The van der Waals surface area contributed by atoms with Crippen molar-refractivity contribution in [3.8, 4) is 11.5 Å². The number of carbonyl (C=O) groups excluding carboxylic acids is 2. The third-order valence-electron chi connectivity index (χ3n) is 4.15. The number of anilines is 1. The topological polar surface area (TPSA) is 81.9 Å². The summed E-state index contributed by atoms with van der Waals surface area (Å²) in [6.07, 6.45) is 1.74. The number of carbonyl (C=O) groups is 2. The van der Waals surface area contributed by atoms with E-state index in [9.17, 15) is 9.59 Å². The number of nitrogens with one attached hydrogen (secondary N) is 1. The number of allylic oxidation sites excluding steroid dienone is 1. The molecule has 7 nitrogen and oxygen atoms in total. The molecule has 3 rings (SSSR count). The van der Waals surface area contributed by atoms with E-state index in [2.05, 4.69) is 16.9 Å². The van der Waals surface area contributed by atoms with E-state index in [1.54, 1.807) is 31.4 Å². The number of benzene rings is 2. The first-order valence-corrected chi connectivity index (χ1v) is 9.61. The molecule has 3 aromatic rings. The molecular weight excluding hydrogens is 390 g/mol. The van der Waals surface area contributed by atoms with Crippen molar-refractivity contribution in [1.29, 1.82) is 0 Å². The lowest BCUT2D eigenvalue weighted by Gasteiger charge is -2.07. The van der Waals surface area contributed by atoms with E-state index in [0.717, 1.165) is 10.2 Å². The first kappa shape index (κ1) is 20.3. The zero-order valence-electron chi connectivity index (χ0n) is 16.4. The highest BCUT2D eigenvalue weighted by molar-refractivity contribution is 7.16. The molecule has 0 radical (unpaired) electrons. The maximum atomic E-state index is 12.9. The summed E-state index contributed by atoms with van der Waals surface area (Å²) in [5.41, 5.74) is 1.93. The lowest BCUT2D eigenvalue weighted by Crippen LogP contribution is -2.16. The molecule has 2 amide bonds. The molecule has 1 aromatic heterocycles. The van der Waals surface area contributed by atoms with E-state index in [1.807, 2.05) is 22.8 Å². The standard InChI is InChI=1S/C21H21N3O4S/c1-5-10-24-17-9-6-14(22-13(2)25)11-19(17)29-21(24)23-20(26)16-8-7-15(27-3)12-18(16)28-4/h5-9,11-12H,1,10H2,2-4H3,(H,22,25). The molecule has 1 heterocycles. The number of ether oxygens (including phenoxy) is 2. The minimum Gasteiger partial charge on any atom is -0.497 e. The Hall–Kier alpha value is -3.39. The summed E-state index contributed by atoms with van der Waals surface area (Å²) in [6.45, 7) is 5.74. The van der Waals surface area contributed by atoms with Gasteiger partial charge in [0.1, 0.15) is 11.5 Å². The van der Waals surface area contributed by atoms with Gasteiger partial charge in [-0.15, -0.1) is 6.58 Å². The largest absolute Gasteiger partial charge is 0.497 e. The molecule has 0 fully saturated rings. The van der Waals surface area contributed by atoms with Gasteiger partial charge in [-0.2, -0.15) is 4.99 Å². The maximum absolute atomic E-state index is 12.9. The van der Waals surface area contributed by atoms with Gasteiger partial charge in [-0.3, -0.25) is 9.59 Å². The molecule has 150 valence electrons. The van der Waals surface area contributed by atoms with E-state index in [-0.39, 0.29) is 5.91 Å². The van der Waals surface area contributed by atoms with Crippen LogP contribution in [0.15, 0.2) is 54.0 Å². The number of nitrogens with zero attached hydrogens (tertiary/aromatic N) is 2. The summed E-state index contributed by atoms with van der Waals surface area (Å²) in [7, 11) is 3.04. The average molecular weight is 411 g/mol. The minimum atomic E-state index is -0.420. The van der Waals surface area contributed by atoms with Crippen LogP contribution >= 0.6 is 11.3 Å². The molecule has 0 aliphatic carbocycles. The predicted molar refractivity (Wildman–Crippen MR) is 114 cm³/mol. The van der Waals surface area contributed by atoms with Crippen LogP contribution in [0.25, 0.3) is 10.2 Å². The summed E-state index contributed by atoms with van der Waals surface area (Å²) in [5, 5.41) is 2.76. The van der Waals surface area contributed by atoms with Gasteiger partial charge in [-0.05, 0) is 30.3 Å². The number of methoxy groups -OCH3 is 2. The van der Waals surface area contributed by atoms with Crippen molar-refractivity contribution in [3.05, 3.63) is 59.4 Å². The number of hydrogen-bond donors (Lipinski definition) is 1. The SMILES string of the molecule is C=CCn1c(=NC(=O)c2ccc(OC)cc2OC)sc2cc(NC(C)=O)ccc21. The van der Waals surface area contributed by atoms with Crippen LogP contribution in [0.3, 0.4) is 0 Å². The maximum Gasteiger partial charge on any atom is 0.283 e. The van der Waals surface area contributed by atoms with E-state index < -0.39 is 5.91 Å². The Morgan fingerprint density at radius 3 is 2.66 bits per heavy atom. The van der Waals surface area contributed by atoms with Crippen LogP contribution in [0.1, 0.15) is 17.3 Å². The van der Waals surface area contributed by atoms with Crippen LogP contribution in [-0.4, -0.2) is 30.6 Å². The van der Waals surface area contributed by atoms with Crippen LogP contribution in [0, 0.1) is 0 Å². The molecule has 0 bridgehead atoms. The lowest BCUT2D eigenvalue weighted by atomic mass is 10.2. The number of rotatable bonds is 6. The van der Waals surface area contributed by atoms with Crippen LogP contribution in [0.5, 0.6) is 11.5 Å². The molecule has 0 saturated heterocycles. The van der Waals surface area contributed by atoms with E-state index in [1.165, 1.54) is 25.4 Å². The van der Waals surface area contributed by atoms with Gasteiger partial charge in [0.2, 0.25) is 5.91 Å². The summed E-state index contributed by atoms with van der Waals surface area (Å²) >= 11 is 1.36. The van der Waals surface area contributed by atoms with Crippen molar-refractivity contribution in [2.45, 2.75) is 13.5 Å². The predicted octanol–water partition coefficient (Wildman–Crippen LogP) is 3.61. The Balaban J connectivity index is 2.11. The third kappa shape index (κ3) is 4.38. The van der Waals surface area contributed by atoms with Crippen molar-refractivity contribution >= 4 is 39.1 Å². The monoisotopic (exact) mass is 411 g/mol. The summed E-state index contributed by atoms with van der Waals surface area (Å²) in [4.78, 5) is 29.0. The van der Waals surface area contributed by atoms with Crippen LogP contribution in [-0.2, 0) is 11.3 Å². The minimum absolute atomic E-state index is 0.147. The molecule has 1 N–H and O–H groups in total. The van der Waals surface area contributed by atoms with Crippen LogP contribution in [0.2, 0.25) is 0 Å². The number of amides is 2. The van der Waals surface area contributed by atoms with E-state index in [0.29, 0.717) is 34.1 Å². The molecule has 0 saturated carbocycles. The molecule has 0 spiro atoms. The van der Waals surface area contributed by atoms with Gasteiger partial charge >= 0.3 is 0 Å². The molecule has 0 aliphatic heterocycles. The molecule has 2 aromatic carbocycles. The second-order valence-electron chi connectivity index (χ2n) is 6.13. The van der Waals surface area contributed by atoms with Gasteiger partial charge in [0, 0.05) is 25.2 Å². The fourth-order valence-electron chi connectivity index (χ4n) is 2.87. The zero-order valence-corrected chi connectivity index (χ0v) is 17.2. The molecule has 8 heteroatoms. The van der Waals surface area contributed by atoms with Crippen molar-refractivity contribution in [2.24, 2.45) is 4.99 Å². The fourth-order valence-corrected chi connectivity index (χ4v) is 3.94. The lowest BCUT2D eigenvalue weighted by molar-refractivity contribution is -0.114. The Bertz CT molecular complexity index is 1160. The van der Waals surface area contributed by atoms with Crippen molar-refractivity contribution in [2.75, 3.05) is 19.5 Å². The van der Waals surface area contributed by atoms with Gasteiger partial charge in [0.05, 0.1) is 30.0 Å². The number of thiazole rings is 1. The van der Waals surface area contributed by atoms with Crippen molar-refractivity contribution in [3.63, 3.8) is 0 Å². The average Bonchev–Trinajstić information content (AvgIpc) is 3.03. The van der Waals surface area contributed by atoms with Crippen molar-refractivity contribution in [1.82, 2.24) is 4.57 Å². The first-order valence-electron chi connectivity index (χ1n) is 8.79. The number of hydrogen-bond acceptors (Lipinski definition) is 5. The van der Waals surface area contributed by atoms with E-state index >= 15 is 0 Å². The third-order valence-corrected chi connectivity index (χ3v) is 5.19. The van der Waals surface area contributed by atoms with Crippen LogP contribution < -0.4 is 19.6 Å². The van der Waals surface area contributed by atoms with Crippen molar-refractivity contribution < 1.29 is 19.1 Å². The van der Waals surface area contributed by atoms with Gasteiger partial charge < -0.3 is 19.4 Å². The molecule has 0 unspecified atom stereocenters. The number of fused-ring (bicyclic) bond motifs is 1. The molecule has 0 aliphatic rings. The first-order chi connectivity index (χ1) is 14.0. The Morgan fingerprint density at radius 2 is 2.00 bits per heavy atom. The van der Waals surface area contributed by atoms with Gasteiger partial charge in [0.25, 0.3) is 5.91 Å². The Labute approximate surface area is 171 Å². The van der Waals surface area contributed by atoms with Crippen LogP contribution in [0.4, 0.5) is 5.69 Å². The van der Waals surface area contributed by atoms with Gasteiger partial charge in [-0.1, -0.05) is 17.4 Å². The highest BCUT2D eigenvalue weighted by Gasteiger charge is 2.14. The normalized spacial score (nSPS) is 11.3. The quantitative estimate of drug-likeness (QED) is 0.629. The smallest absolute Gasteiger partial charge is 0.283 e. The zero-order chi connectivity index (χ0) is 21.0. The van der Waals surface area contributed by atoms with E-state index in [4.69, 9.17) is 9.47 Å². The summed E-state index contributed by atoms with van der Waals surface area (Å²) in [5.74, 6) is 0.414. The summed E-state index contributed by atoms with van der Waals surface area (Å²) in [6, 6.07) is 10.5.